The number of nitrogens with two attached hydrogens (primary N) is 1. The highest BCUT2D eigenvalue weighted by molar-refractivity contribution is 6.42. The van der Waals surface area contributed by atoms with Crippen LogP contribution in [0.5, 0.6) is 5.75 Å². The topological polar surface area (TPSA) is 64.3 Å². The lowest BCUT2D eigenvalue weighted by Gasteiger charge is -2.09. The molecule has 0 heterocycles. The zero-order valence-corrected chi connectivity index (χ0v) is 13.3. The average molecular weight is 337 g/mol. The predicted molar refractivity (Wildman–Crippen MR) is 88.6 cm³/mol. The molecule has 114 valence electrons. The summed E-state index contributed by atoms with van der Waals surface area (Å²) in [5, 5.41) is 0.821. The molecule has 0 fully saturated rings. The molecule has 0 radical (unpaired) electrons. The zero-order valence-electron chi connectivity index (χ0n) is 11.8. The monoisotopic (exact) mass is 336 g/mol. The number of benzene rings is 2. The fourth-order valence-corrected chi connectivity index (χ4v) is 2.01. The van der Waals surface area contributed by atoms with Crippen LogP contribution in [0, 0.1) is 6.92 Å². The Hall–Kier alpha value is -2.01. The van der Waals surface area contributed by atoms with Gasteiger partial charge < -0.3 is 4.74 Å². The van der Waals surface area contributed by atoms with E-state index in [1.165, 1.54) is 6.08 Å². The number of nitrogens with one attached hydrogen (secondary N) is 1. The highest BCUT2D eigenvalue weighted by Gasteiger charge is 2.11. The summed E-state index contributed by atoms with van der Waals surface area (Å²) in [6.45, 7) is 1.96. The van der Waals surface area contributed by atoms with Gasteiger partial charge in [0.05, 0.1) is 10.0 Å². The van der Waals surface area contributed by atoms with Gasteiger partial charge in [-0.05, 0) is 42.8 Å². The van der Waals surface area contributed by atoms with E-state index in [0.29, 0.717) is 21.4 Å². The number of aryl methyl sites for hydroxylation is 1. The Kier molecular flexibility index (Phi) is 5.44. The molecular weight excluding hydrogens is 323 g/mol. The van der Waals surface area contributed by atoms with Crippen LogP contribution in [0.25, 0.3) is 6.08 Å². The molecule has 0 bridgehead atoms. The maximum absolute atomic E-state index is 11.9. The number of halogens is 2. The molecule has 1 amide bonds. The molecule has 3 N–H and O–H groups in total. The second-order valence-corrected chi connectivity index (χ2v) is 5.39. The van der Waals surface area contributed by atoms with Gasteiger partial charge in [-0.25, -0.2) is 5.84 Å². The number of amides is 1. The Bertz CT molecular complexity index is 713. The standard InChI is InChI=1S/C16H14Cl2N2O2/c1-10-2-5-12(6-3-10)22-15(16(21)20-19)9-11-4-7-13(17)14(18)8-11/h2-9H,19H2,1H3,(H,20,21)/b15-9-. The van der Waals surface area contributed by atoms with Crippen molar-refractivity contribution in [3.63, 3.8) is 0 Å². The molecular formula is C16H14Cl2N2O2. The van der Waals surface area contributed by atoms with Crippen molar-refractivity contribution in [1.82, 2.24) is 5.43 Å². The van der Waals surface area contributed by atoms with E-state index in [2.05, 4.69) is 5.43 Å². The first kappa shape index (κ1) is 16.4. The molecule has 0 atom stereocenters. The van der Waals surface area contributed by atoms with Gasteiger partial charge in [0, 0.05) is 0 Å². The minimum absolute atomic E-state index is 0.0461. The number of ether oxygens (including phenoxy) is 1. The van der Waals surface area contributed by atoms with E-state index in [-0.39, 0.29) is 5.76 Å². The molecule has 2 aromatic rings. The molecule has 4 nitrogen and oxygen atoms in total. The summed E-state index contributed by atoms with van der Waals surface area (Å²) in [5.74, 6) is 5.22. The van der Waals surface area contributed by atoms with Crippen molar-refractivity contribution in [1.29, 1.82) is 0 Å². The maximum Gasteiger partial charge on any atom is 0.300 e. The average Bonchev–Trinajstić information content (AvgIpc) is 2.51. The van der Waals surface area contributed by atoms with Crippen LogP contribution in [0.3, 0.4) is 0 Å². The van der Waals surface area contributed by atoms with Gasteiger partial charge in [-0.15, -0.1) is 0 Å². The van der Waals surface area contributed by atoms with Gasteiger partial charge in [0.15, 0.2) is 5.76 Å². The van der Waals surface area contributed by atoms with Gasteiger partial charge in [0.1, 0.15) is 5.75 Å². The Morgan fingerprint density at radius 1 is 1.14 bits per heavy atom. The summed E-state index contributed by atoms with van der Waals surface area (Å²) in [6.07, 6.45) is 1.53. The largest absolute Gasteiger partial charge is 0.452 e. The number of hydrogen-bond donors (Lipinski definition) is 2. The quantitative estimate of drug-likeness (QED) is 0.294. The van der Waals surface area contributed by atoms with Crippen LogP contribution in [-0.2, 0) is 4.79 Å². The number of carbonyl (C=O) groups is 1. The third-order valence-corrected chi connectivity index (χ3v) is 3.58. The van der Waals surface area contributed by atoms with Crippen molar-refractivity contribution in [2.24, 2.45) is 5.84 Å². The maximum atomic E-state index is 11.9. The molecule has 2 aromatic carbocycles. The molecule has 2 rings (SSSR count). The van der Waals surface area contributed by atoms with Gasteiger partial charge >= 0.3 is 5.91 Å². The van der Waals surface area contributed by atoms with E-state index in [4.69, 9.17) is 33.8 Å². The summed E-state index contributed by atoms with van der Waals surface area (Å²) in [4.78, 5) is 11.9. The predicted octanol–water partition coefficient (Wildman–Crippen LogP) is 3.71. The highest BCUT2D eigenvalue weighted by atomic mass is 35.5. The zero-order chi connectivity index (χ0) is 16.1. The van der Waals surface area contributed by atoms with Gasteiger partial charge in [-0.2, -0.15) is 0 Å². The molecule has 0 aliphatic heterocycles. The van der Waals surface area contributed by atoms with E-state index >= 15 is 0 Å². The van der Waals surface area contributed by atoms with Crippen LogP contribution in [0.2, 0.25) is 10.0 Å². The minimum atomic E-state index is -0.549. The smallest absolute Gasteiger partial charge is 0.300 e. The summed E-state index contributed by atoms with van der Waals surface area (Å²) in [5.41, 5.74) is 3.81. The molecule has 0 saturated carbocycles. The van der Waals surface area contributed by atoms with Crippen molar-refractivity contribution < 1.29 is 9.53 Å². The summed E-state index contributed by atoms with van der Waals surface area (Å²) in [6, 6.07) is 12.3. The first-order chi connectivity index (χ1) is 10.5. The molecule has 22 heavy (non-hydrogen) atoms. The number of rotatable bonds is 4. The lowest BCUT2D eigenvalue weighted by atomic mass is 10.2. The molecule has 0 aliphatic rings. The van der Waals surface area contributed by atoms with Gasteiger partial charge in [-0.1, -0.05) is 47.0 Å². The minimum Gasteiger partial charge on any atom is -0.452 e. The SMILES string of the molecule is Cc1ccc(O/C(=C\c2ccc(Cl)c(Cl)c2)C(=O)NN)cc1. The molecule has 0 unspecified atom stereocenters. The van der Waals surface area contributed by atoms with E-state index in [1.807, 2.05) is 19.1 Å². The van der Waals surface area contributed by atoms with E-state index in [0.717, 1.165) is 5.56 Å². The highest BCUT2D eigenvalue weighted by Crippen LogP contribution is 2.24. The second kappa shape index (κ2) is 7.31. The first-order valence-corrected chi connectivity index (χ1v) is 7.17. The van der Waals surface area contributed by atoms with Crippen LogP contribution in [0.4, 0.5) is 0 Å². The Balaban J connectivity index is 2.32. The molecule has 0 aromatic heterocycles. The van der Waals surface area contributed by atoms with Gasteiger partial charge in [-0.3, -0.25) is 10.2 Å². The number of hydrogen-bond acceptors (Lipinski definition) is 3. The van der Waals surface area contributed by atoms with Gasteiger partial charge in [0.25, 0.3) is 0 Å². The lowest BCUT2D eigenvalue weighted by molar-refractivity contribution is -0.119. The lowest BCUT2D eigenvalue weighted by Crippen LogP contribution is -2.33. The molecule has 0 spiro atoms. The second-order valence-electron chi connectivity index (χ2n) is 4.57. The molecule has 0 saturated heterocycles. The van der Waals surface area contributed by atoms with Crippen molar-refractivity contribution in [2.45, 2.75) is 6.92 Å². The first-order valence-electron chi connectivity index (χ1n) is 6.42. The summed E-state index contributed by atoms with van der Waals surface area (Å²) >= 11 is 11.8. The van der Waals surface area contributed by atoms with Crippen LogP contribution in [0.15, 0.2) is 48.2 Å². The molecule has 6 heteroatoms. The van der Waals surface area contributed by atoms with Crippen LogP contribution >= 0.6 is 23.2 Å². The summed E-state index contributed by atoms with van der Waals surface area (Å²) in [7, 11) is 0. The normalized spacial score (nSPS) is 11.2. The third-order valence-electron chi connectivity index (χ3n) is 2.85. The van der Waals surface area contributed by atoms with E-state index in [9.17, 15) is 4.79 Å². The Morgan fingerprint density at radius 2 is 1.82 bits per heavy atom. The van der Waals surface area contributed by atoms with Crippen molar-refractivity contribution in [3.05, 3.63) is 69.4 Å². The van der Waals surface area contributed by atoms with Crippen molar-refractivity contribution in [2.75, 3.05) is 0 Å². The van der Waals surface area contributed by atoms with E-state index < -0.39 is 5.91 Å². The Morgan fingerprint density at radius 3 is 2.41 bits per heavy atom. The fourth-order valence-electron chi connectivity index (χ4n) is 1.70. The Labute approximate surface area is 138 Å². The number of hydrazine groups is 1. The summed E-state index contributed by atoms with van der Waals surface area (Å²) < 4.78 is 5.59. The van der Waals surface area contributed by atoms with Crippen molar-refractivity contribution >= 4 is 35.2 Å². The van der Waals surface area contributed by atoms with Crippen molar-refractivity contribution in [3.8, 4) is 5.75 Å². The van der Waals surface area contributed by atoms with E-state index in [1.54, 1.807) is 30.3 Å². The number of carbonyl (C=O) groups excluding carboxylic acids is 1. The van der Waals surface area contributed by atoms with Crippen LogP contribution in [-0.4, -0.2) is 5.91 Å². The van der Waals surface area contributed by atoms with Crippen LogP contribution in [0.1, 0.15) is 11.1 Å². The fraction of sp³-hybridized carbons (Fsp3) is 0.0625. The molecule has 0 aliphatic carbocycles. The third kappa shape index (κ3) is 4.24. The van der Waals surface area contributed by atoms with Crippen LogP contribution < -0.4 is 16.0 Å². The van der Waals surface area contributed by atoms with Gasteiger partial charge in [0.2, 0.25) is 0 Å².